The molecule has 0 saturated carbocycles. The molecule has 0 atom stereocenters. The van der Waals surface area contributed by atoms with E-state index in [1.807, 2.05) is 30.3 Å². The van der Waals surface area contributed by atoms with Gasteiger partial charge in [-0.05, 0) is 40.5 Å². The molecular weight excluding hydrogens is 368 g/mol. The zero-order valence-corrected chi connectivity index (χ0v) is 14.1. The minimum absolute atomic E-state index is 0.302. The fourth-order valence-electron chi connectivity index (χ4n) is 2.09. The van der Waals surface area contributed by atoms with Crippen LogP contribution in [0.15, 0.2) is 46.9 Å². The fraction of sp³-hybridized carbons (Fsp3) is 0.235. The molecule has 0 fully saturated rings. The Bertz CT molecular complexity index is 678. The molecule has 1 N–H and O–H groups in total. The van der Waals surface area contributed by atoms with Gasteiger partial charge in [0.25, 0.3) is 12.3 Å². The molecule has 2 aromatic rings. The maximum Gasteiger partial charge on any atom is 0.255 e. The van der Waals surface area contributed by atoms with Gasteiger partial charge < -0.3 is 10.1 Å². The molecule has 6 heteroatoms. The van der Waals surface area contributed by atoms with Crippen LogP contribution in [-0.2, 0) is 6.61 Å². The number of benzene rings is 2. The summed E-state index contributed by atoms with van der Waals surface area (Å²) in [6.07, 6.45) is -2.59. The van der Waals surface area contributed by atoms with Crippen LogP contribution in [-0.4, -0.2) is 18.9 Å². The Balaban J connectivity index is 2.16. The highest BCUT2D eigenvalue weighted by molar-refractivity contribution is 9.10. The first-order chi connectivity index (χ1) is 11.0. The largest absolute Gasteiger partial charge is 0.489 e. The number of alkyl halides is 2. The molecule has 2 aromatic carbocycles. The maximum atomic E-state index is 12.2. The Hall–Kier alpha value is -1.95. The molecule has 3 nitrogen and oxygen atoms in total. The van der Waals surface area contributed by atoms with Gasteiger partial charge in [0.15, 0.2) is 0 Å². The first-order valence-electron chi connectivity index (χ1n) is 7.01. The van der Waals surface area contributed by atoms with Gasteiger partial charge in [-0.3, -0.25) is 4.79 Å². The van der Waals surface area contributed by atoms with Crippen LogP contribution in [0, 0.1) is 6.92 Å². The van der Waals surface area contributed by atoms with Gasteiger partial charge in [-0.15, -0.1) is 0 Å². The predicted molar refractivity (Wildman–Crippen MR) is 88.0 cm³/mol. The second-order valence-electron chi connectivity index (χ2n) is 4.92. The predicted octanol–water partition coefficient (Wildman–Crippen LogP) is 4.33. The van der Waals surface area contributed by atoms with Crippen LogP contribution in [0.2, 0.25) is 0 Å². The van der Waals surface area contributed by atoms with Crippen molar-refractivity contribution < 1.29 is 18.3 Å². The van der Waals surface area contributed by atoms with E-state index in [1.54, 1.807) is 19.1 Å². The molecule has 0 aliphatic rings. The summed E-state index contributed by atoms with van der Waals surface area (Å²) in [7, 11) is 0. The van der Waals surface area contributed by atoms with E-state index in [-0.39, 0.29) is 0 Å². The van der Waals surface area contributed by atoms with E-state index in [2.05, 4.69) is 21.2 Å². The smallest absolute Gasteiger partial charge is 0.255 e. The van der Waals surface area contributed by atoms with Gasteiger partial charge in [0, 0.05) is 10.0 Å². The van der Waals surface area contributed by atoms with Crippen LogP contribution < -0.4 is 10.1 Å². The summed E-state index contributed by atoms with van der Waals surface area (Å²) < 4.78 is 30.8. The molecule has 0 saturated heterocycles. The van der Waals surface area contributed by atoms with Crippen molar-refractivity contribution in [2.45, 2.75) is 20.0 Å². The van der Waals surface area contributed by atoms with Crippen molar-refractivity contribution in [1.82, 2.24) is 5.32 Å². The average molecular weight is 384 g/mol. The number of rotatable bonds is 6. The molecule has 0 radical (unpaired) electrons. The first-order valence-corrected chi connectivity index (χ1v) is 7.80. The second kappa shape index (κ2) is 8.06. The van der Waals surface area contributed by atoms with Crippen LogP contribution in [0.3, 0.4) is 0 Å². The van der Waals surface area contributed by atoms with Crippen molar-refractivity contribution in [3.63, 3.8) is 0 Å². The molecular formula is C17H16BrF2NO2. The van der Waals surface area contributed by atoms with Crippen molar-refractivity contribution in [3.8, 4) is 5.75 Å². The van der Waals surface area contributed by atoms with Crippen LogP contribution >= 0.6 is 15.9 Å². The number of nitrogens with one attached hydrogen (secondary N) is 1. The van der Waals surface area contributed by atoms with Gasteiger partial charge in [0.05, 0.1) is 12.1 Å². The molecule has 2 rings (SSSR count). The Morgan fingerprint density at radius 3 is 2.57 bits per heavy atom. The summed E-state index contributed by atoms with van der Waals surface area (Å²) in [4.78, 5) is 12.1. The molecule has 0 heterocycles. The van der Waals surface area contributed by atoms with E-state index in [0.717, 1.165) is 5.56 Å². The molecule has 0 aliphatic heterocycles. The van der Waals surface area contributed by atoms with Crippen LogP contribution in [0.25, 0.3) is 0 Å². The summed E-state index contributed by atoms with van der Waals surface area (Å²) in [6, 6.07) is 13.0. The second-order valence-corrected chi connectivity index (χ2v) is 5.78. The first kappa shape index (κ1) is 17.4. The highest BCUT2D eigenvalue weighted by Crippen LogP contribution is 2.29. The molecule has 0 unspecified atom stereocenters. The molecule has 23 heavy (non-hydrogen) atoms. The Labute approximate surface area is 141 Å². The maximum absolute atomic E-state index is 12.2. The Morgan fingerprint density at radius 2 is 1.91 bits per heavy atom. The minimum atomic E-state index is -2.59. The monoisotopic (exact) mass is 383 g/mol. The topological polar surface area (TPSA) is 38.3 Å². The lowest BCUT2D eigenvalue weighted by Crippen LogP contribution is -2.29. The number of amides is 1. The summed E-state index contributed by atoms with van der Waals surface area (Å²) in [5.41, 5.74) is 1.90. The summed E-state index contributed by atoms with van der Waals surface area (Å²) in [6.45, 7) is 1.41. The van der Waals surface area contributed by atoms with Gasteiger partial charge in [-0.2, -0.15) is 0 Å². The van der Waals surface area contributed by atoms with E-state index in [4.69, 9.17) is 4.74 Å². The van der Waals surface area contributed by atoms with Crippen molar-refractivity contribution in [2.24, 2.45) is 0 Å². The molecule has 0 aromatic heterocycles. The Kier molecular flexibility index (Phi) is 6.10. The van der Waals surface area contributed by atoms with Gasteiger partial charge >= 0.3 is 0 Å². The number of ether oxygens (including phenoxy) is 1. The Morgan fingerprint density at radius 1 is 1.22 bits per heavy atom. The molecule has 0 aliphatic carbocycles. The van der Waals surface area contributed by atoms with Gasteiger partial charge in [-0.1, -0.05) is 30.3 Å². The van der Waals surface area contributed by atoms with Crippen LogP contribution in [0.5, 0.6) is 5.75 Å². The number of hydrogen-bond acceptors (Lipinski definition) is 2. The summed E-state index contributed by atoms with van der Waals surface area (Å²) in [5.74, 6) is -0.0147. The van der Waals surface area contributed by atoms with E-state index in [9.17, 15) is 13.6 Å². The number of halogens is 3. The van der Waals surface area contributed by atoms with E-state index in [0.29, 0.717) is 28.0 Å². The van der Waals surface area contributed by atoms with Crippen LogP contribution in [0.1, 0.15) is 21.5 Å². The zero-order valence-electron chi connectivity index (χ0n) is 12.5. The summed E-state index contributed by atoms with van der Waals surface area (Å²) >= 11 is 3.28. The standard InChI is InChI=1S/C17H16BrF2NO2/c1-11-14(23-10-12-5-3-2-4-6-12)8-7-13(18)16(11)17(22)21-9-15(19)20/h2-8,15H,9-10H2,1H3,(H,21,22). The fourth-order valence-corrected chi connectivity index (χ4v) is 2.70. The third-order valence-electron chi connectivity index (χ3n) is 3.25. The number of hydrogen-bond donors (Lipinski definition) is 1. The molecule has 0 bridgehead atoms. The zero-order chi connectivity index (χ0) is 16.8. The summed E-state index contributed by atoms with van der Waals surface area (Å²) in [5, 5.41) is 2.21. The SMILES string of the molecule is Cc1c(OCc2ccccc2)ccc(Br)c1C(=O)NCC(F)F. The molecule has 122 valence electrons. The van der Waals surface area contributed by atoms with E-state index >= 15 is 0 Å². The van der Waals surface area contributed by atoms with Gasteiger partial charge in [0.2, 0.25) is 0 Å². The molecule has 0 spiro atoms. The normalized spacial score (nSPS) is 10.7. The highest BCUT2D eigenvalue weighted by atomic mass is 79.9. The lowest BCUT2D eigenvalue weighted by Gasteiger charge is -2.14. The number of carbonyl (C=O) groups is 1. The lowest BCUT2D eigenvalue weighted by molar-refractivity contribution is 0.0890. The quantitative estimate of drug-likeness (QED) is 0.805. The van der Waals surface area contributed by atoms with Gasteiger partial charge in [-0.25, -0.2) is 8.78 Å². The highest BCUT2D eigenvalue weighted by Gasteiger charge is 2.17. The third-order valence-corrected chi connectivity index (χ3v) is 3.91. The third kappa shape index (κ3) is 4.76. The van der Waals surface area contributed by atoms with Crippen molar-refractivity contribution in [2.75, 3.05) is 6.54 Å². The lowest BCUT2D eigenvalue weighted by atomic mass is 10.1. The molecule has 1 amide bonds. The van der Waals surface area contributed by atoms with Crippen molar-refractivity contribution in [1.29, 1.82) is 0 Å². The van der Waals surface area contributed by atoms with E-state index in [1.165, 1.54) is 0 Å². The van der Waals surface area contributed by atoms with Crippen molar-refractivity contribution >= 4 is 21.8 Å². The van der Waals surface area contributed by atoms with E-state index < -0.39 is 18.9 Å². The average Bonchev–Trinajstić information content (AvgIpc) is 2.53. The number of carbonyl (C=O) groups excluding carboxylic acids is 1. The van der Waals surface area contributed by atoms with Crippen LogP contribution in [0.4, 0.5) is 8.78 Å². The minimum Gasteiger partial charge on any atom is -0.489 e. The van der Waals surface area contributed by atoms with Gasteiger partial charge in [0.1, 0.15) is 12.4 Å². The van der Waals surface area contributed by atoms with Crippen molar-refractivity contribution in [3.05, 3.63) is 63.6 Å².